The van der Waals surface area contributed by atoms with Crippen molar-refractivity contribution in [1.82, 2.24) is 0 Å². The highest BCUT2D eigenvalue weighted by Gasteiger charge is 1.93. The molecule has 0 spiro atoms. The van der Waals surface area contributed by atoms with Gasteiger partial charge in [0.25, 0.3) is 0 Å². The molecule has 0 aromatic rings. The average Bonchev–Trinajstić information content (AvgIpc) is 2.12. The Bertz CT molecular complexity index is 337. The minimum atomic E-state index is -0.0929. The van der Waals surface area contributed by atoms with E-state index in [1.807, 2.05) is 6.07 Å². The molecule has 0 amide bonds. The largest absolute Gasteiger partial charge is 0.192 e. The number of hydrogen-bond donors (Lipinski definition) is 0. The third-order valence-corrected chi connectivity index (χ3v) is 0.967. The Hall–Kier alpha value is -2.31. The minimum Gasteiger partial charge on any atom is -0.192 e. The lowest BCUT2D eigenvalue weighted by Crippen LogP contribution is -1.75. The third kappa shape index (κ3) is 3.01. The number of nitriles is 3. The van der Waals surface area contributed by atoms with Gasteiger partial charge >= 0.3 is 0 Å². The fraction of sp³-hybridized carbons (Fsp3) is 0. The Morgan fingerprint density at radius 3 is 2.00 bits per heavy atom. The van der Waals surface area contributed by atoms with Crippen LogP contribution in [0.15, 0.2) is 36.0 Å². The molecule has 3 heteroatoms. The summed E-state index contributed by atoms with van der Waals surface area (Å²) in [4.78, 5) is 0. The van der Waals surface area contributed by atoms with E-state index in [1.165, 1.54) is 18.2 Å². The highest BCUT2D eigenvalue weighted by Crippen LogP contribution is 2.00. The van der Waals surface area contributed by atoms with Gasteiger partial charge in [0.15, 0.2) is 0 Å². The van der Waals surface area contributed by atoms with E-state index in [4.69, 9.17) is 15.8 Å². The van der Waals surface area contributed by atoms with Crippen LogP contribution in [0.5, 0.6) is 0 Å². The number of rotatable bonds is 2. The lowest BCUT2D eigenvalue weighted by Gasteiger charge is -1.82. The Labute approximate surface area is 70.8 Å². The van der Waals surface area contributed by atoms with Gasteiger partial charge in [-0.25, -0.2) is 0 Å². The maximum atomic E-state index is 8.47. The van der Waals surface area contributed by atoms with Crippen LogP contribution in [0.2, 0.25) is 0 Å². The standard InChI is InChI=1S/C9H5N3/c1-2-3-8(5-10)4-9(6-11)7-12/h2-4H,1H2. The summed E-state index contributed by atoms with van der Waals surface area (Å²) in [6.45, 7) is 3.38. The Kier molecular flexibility index (Phi) is 4.42. The molecule has 12 heavy (non-hydrogen) atoms. The molecule has 0 radical (unpaired) electrons. The Balaban J connectivity index is 4.89. The van der Waals surface area contributed by atoms with E-state index >= 15 is 0 Å². The second-order valence-corrected chi connectivity index (χ2v) is 1.75. The zero-order valence-corrected chi connectivity index (χ0v) is 6.28. The summed E-state index contributed by atoms with van der Waals surface area (Å²) >= 11 is 0. The summed E-state index contributed by atoms with van der Waals surface area (Å²) in [6, 6.07) is 5.11. The zero-order chi connectivity index (χ0) is 9.40. The first kappa shape index (κ1) is 9.69. The summed E-state index contributed by atoms with van der Waals surface area (Å²) in [5, 5.41) is 25.1. The molecule has 0 aromatic carbocycles. The van der Waals surface area contributed by atoms with Gasteiger partial charge in [0, 0.05) is 0 Å². The van der Waals surface area contributed by atoms with E-state index in [1.54, 1.807) is 12.1 Å². The molecule has 0 atom stereocenters. The van der Waals surface area contributed by atoms with E-state index in [-0.39, 0.29) is 11.1 Å². The molecule has 0 rings (SSSR count). The number of hydrogen-bond acceptors (Lipinski definition) is 3. The second kappa shape index (κ2) is 5.47. The lowest BCUT2D eigenvalue weighted by molar-refractivity contribution is 1.44. The summed E-state index contributed by atoms with van der Waals surface area (Å²) in [5.41, 5.74) is 0.146. The van der Waals surface area contributed by atoms with Crippen molar-refractivity contribution in [3.63, 3.8) is 0 Å². The second-order valence-electron chi connectivity index (χ2n) is 1.75. The molecule has 0 unspecified atom stereocenters. The molecule has 0 aliphatic rings. The molecule has 0 fully saturated rings. The van der Waals surface area contributed by atoms with Crippen LogP contribution in [0.3, 0.4) is 0 Å². The van der Waals surface area contributed by atoms with Crippen molar-refractivity contribution in [3.05, 3.63) is 36.0 Å². The van der Waals surface area contributed by atoms with Gasteiger partial charge in [0.1, 0.15) is 17.7 Å². The molecule has 0 bridgehead atoms. The van der Waals surface area contributed by atoms with Crippen molar-refractivity contribution in [2.24, 2.45) is 0 Å². The van der Waals surface area contributed by atoms with Crippen LogP contribution in [0.4, 0.5) is 0 Å². The van der Waals surface area contributed by atoms with Gasteiger partial charge in [-0.05, 0) is 12.2 Å². The third-order valence-electron chi connectivity index (χ3n) is 0.967. The van der Waals surface area contributed by atoms with Gasteiger partial charge in [-0.2, -0.15) is 15.8 Å². The van der Waals surface area contributed by atoms with Crippen molar-refractivity contribution in [2.75, 3.05) is 0 Å². The fourth-order valence-electron chi connectivity index (χ4n) is 0.490. The van der Waals surface area contributed by atoms with Gasteiger partial charge in [-0.1, -0.05) is 12.7 Å². The minimum absolute atomic E-state index is 0.0929. The van der Waals surface area contributed by atoms with Crippen molar-refractivity contribution >= 4 is 0 Å². The van der Waals surface area contributed by atoms with Crippen molar-refractivity contribution in [3.8, 4) is 18.2 Å². The maximum absolute atomic E-state index is 8.47. The van der Waals surface area contributed by atoms with Gasteiger partial charge in [-0.15, -0.1) is 0 Å². The summed E-state index contributed by atoms with van der Waals surface area (Å²) in [5.74, 6) is 0. The van der Waals surface area contributed by atoms with Crippen LogP contribution in [0.1, 0.15) is 0 Å². The SMILES string of the molecule is C=CC=C(C#N)C=C(C#N)C#N. The molecular formula is C9H5N3. The molecule has 0 aliphatic carbocycles. The molecule has 0 saturated carbocycles. The van der Waals surface area contributed by atoms with E-state index in [0.717, 1.165) is 0 Å². The van der Waals surface area contributed by atoms with Crippen molar-refractivity contribution < 1.29 is 0 Å². The van der Waals surface area contributed by atoms with Crippen molar-refractivity contribution in [2.45, 2.75) is 0 Å². The Morgan fingerprint density at radius 1 is 1.08 bits per heavy atom. The smallest absolute Gasteiger partial charge is 0.130 e. The molecule has 3 nitrogen and oxygen atoms in total. The first-order valence-corrected chi connectivity index (χ1v) is 3.03. The topological polar surface area (TPSA) is 71.4 Å². The maximum Gasteiger partial charge on any atom is 0.130 e. The van der Waals surface area contributed by atoms with Crippen molar-refractivity contribution in [1.29, 1.82) is 15.8 Å². The number of nitrogens with zero attached hydrogens (tertiary/aromatic N) is 3. The zero-order valence-electron chi connectivity index (χ0n) is 6.28. The average molecular weight is 155 g/mol. The lowest BCUT2D eigenvalue weighted by atomic mass is 10.2. The van der Waals surface area contributed by atoms with Gasteiger partial charge in [0.2, 0.25) is 0 Å². The quantitative estimate of drug-likeness (QED) is 0.449. The van der Waals surface area contributed by atoms with Crippen LogP contribution in [-0.2, 0) is 0 Å². The van der Waals surface area contributed by atoms with E-state index in [2.05, 4.69) is 6.58 Å². The number of allylic oxidation sites excluding steroid dienone is 5. The monoisotopic (exact) mass is 155 g/mol. The predicted octanol–water partition coefficient (Wildman–Crippen LogP) is 1.60. The van der Waals surface area contributed by atoms with Gasteiger partial charge < -0.3 is 0 Å². The van der Waals surface area contributed by atoms with Crippen LogP contribution < -0.4 is 0 Å². The highest BCUT2D eigenvalue weighted by atomic mass is 14.3. The molecular weight excluding hydrogens is 150 g/mol. The van der Waals surface area contributed by atoms with Crippen LogP contribution >= 0.6 is 0 Å². The summed E-state index contributed by atoms with van der Waals surface area (Å²) in [7, 11) is 0. The van der Waals surface area contributed by atoms with Crippen LogP contribution in [-0.4, -0.2) is 0 Å². The fourth-order valence-corrected chi connectivity index (χ4v) is 0.490. The normalized spacial score (nSPS) is 8.58. The highest BCUT2D eigenvalue weighted by molar-refractivity contribution is 5.46. The summed E-state index contributed by atoms with van der Waals surface area (Å²) < 4.78 is 0. The molecule has 56 valence electrons. The van der Waals surface area contributed by atoms with Crippen LogP contribution in [0.25, 0.3) is 0 Å². The van der Waals surface area contributed by atoms with Gasteiger partial charge in [0.05, 0.1) is 11.6 Å². The first-order valence-electron chi connectivity index (χ1n) is 3.03. The Morgan fingerprint density at radius 2 is 1.67 bits per heavy atom. The molecule has 0 aromatic heterocycles. The first-order chi connectivity index (χ1) is 5.78. The van der Waals surface area contributed by atoms with Crippen LogP contribution in [0, 0.1) is 34.0 Å². The summed E-state index contributed by atoms with van der Waals surface area (Å²) in [6.07, 6.45) is 4.05. The predicted molar refractivity (Wildman–Crippen MR) is 43.2 cm³/mol. The van der Waals surface area contributed by atoms with E-state index in [9.17, 15) is 0 Å². The molecule has 0 aliphatic heterocycles. The molecule has 0 heterocycles. The van der Waals surface area contributed by atoms with E-state index in [0.29, 0.717) is 0 Å². The molecule has 0 N–H and O–H groups in total. The van der Waals surface area contributed by atoms with Gasteiger partial charge in [-0.3, -0.25) is 0 Å². The molecule has 0 saturated heterocycles. The van der Waals surface area contributed by atoms with E-state index < -0.39 is 0 Å².